The van der Waals surface area contributed by atoms with E-state index in [0.29, 0.717) is 25.7 Å². The Morgan fingerprint density at radius 2 is 1.21 bits per heavy atom. The van der Waals surface area contributed by atoms with Crippen molar-refractivity contribution in [1.29, 1.82) is 0 Å². The zero-order valence-electron chi connectivity index (χ0n) is 19.6. The first-order valence-corrected chi connectivity index (χ1v) is 11.9. The fourth-order valence-corrected chi connectivity index (χ4v) is 3.32. The number of allylic oxidation sites excluding steroid dienone is 1. The van der Waals surface area contributed by atoms with Gasteiger partial charge in [0.25, 0.3) is 0 Å². The number of amides is 1. The van der Waals surface area contributed by atoms with Gasteiger partial charge in [0.2, 0.25) is 5.91 Å². The summed E-state index contributed by atoms with van der Waals surface area (Å²) < 4.78 is 0. The minimum atomic E-state index is -0.673. The van der Waals surface area contributed by atoms with E-state index in [-0.39, 0.29) is 5.91 Å². The highest BCUT2D eigenvalue weighted by Crippen LogP contribution is 2.20. The zero-order chi connectivity index (χ0) is 22.0. The molecule has 0 rings (SSSR count). The van der Waals surface area contributed by atoms with Crippen LogP contribution >= 0.6 is 0 Å². The standard InChI is InChI=1S/C25H48N2O2/c1-6-25(29,7-2)19-18-24(28)27-21-17-15-13-11-9-8-10-12-14-16-20-26-23(5)22(3)4/h26,29H,3,5-21H2,1-2,4H3,(H,27,28). The van der Waals surface area contributed by atoms with Crippen molar-refractivity contribution in [3.05, 3.63) is 24.4 Å². The molecule has 0 saturated heterocycles. The molecule has 170 valence electrons. The van der Waals surface area contributed by atoms with E-state index in [0.717, 1.165) is 30.8 Å². The van der Waals surface area contributed by atoms with Gasteiger partial charge in [0.15, 0.2) is 0 Å². The largest absolute Gasteiger partial charge is 0.390 e. The van der Waals surface area contributed by atoms with E-state index in [1.54, 1.807) is 0 Å². The molecule has 4 heteroatoms. The lowest BCUT2D eigenvalue weighted by molar-refractivity contribution is -0.122. The number of unbranched alkanes of at least 4 members (excludes halogenated alkanes) is 9. The fraction of sp³-hybridized carbons (Fsp3) is 0.800. The molecule has 0 aromatic heterocycles. The summed E-state index contributed by atoms with van der Waals surface area (Å²) in [7, 11) is 0. The molecule has 4 nitrogen and oxygen atoms in total. The minimum Gasteiger partial charge on any atom is -0.390 e. The third kappa shape index (κ3) is 16.2. The van der Waals surface area contributed by atoms with E-state index in [1.807, 2.05) is 20.8 Å². The summed E-state index contributed by atoms with van der Waals surface area (Å²) in [5.41, 5.74) is 1.31. The molecular formula is C25H48N2O2. The monoisotopic (exact) mass is 408 g/mol. The van der Waals surface area contributed by atoms with Gasteiger partial charge in [0.1, 0.15) is 0 Å². The summed E-state index contributed by atoms with van der Waals surface area (Å²) in [4.78, 5) is 11.9. The Bertz CT molecular complexity index is 456. The lowest BCUT2D eigenvalue weighted by atomic mass is 9.92. The molecule has 0 aromatic rings. The van der Waals surface area contributed by atoms with E-state index >= 15 is 0 Å². The maximum atomic E-state index is 11.9. The number of rotatable bonds is 20. The lowest BCUT2D eigenvalue weighted by Crippen LogP contribution is -2.31. The molecule has 0 saturated carbocycles. The van der Waals surface area contributed by atoms with E-state index in [1.165, 1.54) is 57.8 Å². The Labute approximate surface area is 180 Å². The maximum absolute atomic E-state index is 11.9. The van der Waals surface area contributed by atoms with Crippen molar-refractivity contribution in [2.24, 2.45) is 0 Å². The second-order valence-corrected chi connectivity index (χ2v) is 8.50. The average Bonchev–Trinajstić information content (AvgIpc) is 2.71. The molecule has 0 bridgehead atoms. The number of nitrogens with one attached hydrogen (secondary N) is 2. The third-order valence-electron chi connectivity index (χ3n) is 5.91. The predicted octanol–water partition coefficient (Wildman–Crippen LogP) is 6.01. The molecule has 0 fully saturated rings. The average molecular weight is 409 g/mol. The molecule has 29 heavy (non-hydrogen) atoms. The maximum Gasteiger partial charge on any atom is 0.220 e. The molecule has 0 spiro atoms. The fourth-order valence-electron chi connectivity index (χ4n) is 3.32. The van der Waals surface area contributed by atoms with Gasteiger partial charge in [-0.1, -0.05) is 78.4 Å². The van der Waals surface area contributed by atoms with Crippen molar-refractivity contribution in [2.75, 3.05) is 13.1 Å². The molecular weight excluding hydrogens is 360 g/mol. The van der Waals surface area contributed by atoms with Gasteiger partial charge >= 0.3 is 0 Å². The van der Waals surface area contributed by atoms with Gasteiger partial charge in [0, 0.05) is 25.2 Å². The van der Waals surface area contributed by atoms with Crippen molar-refractivity contribution in [3.63, 3.8) is 0 Å². The predicted molar refractivity (Wildman–Crippen MR) is 126 cm³/mol. The lowest BCUT2D eigenvalue weighted by Gasteiger charge is -2.24. The van der Waals surface area contributed by atoms with E-state index in [4.69, 9.17) is 0 Å². The van der Waals surface area contributed by atoms with E-state index in [9.17, 15) is 9.90 Å². The third-order valence-corrected chi connectivity index (χ3v) is 5.91. The highest BCUT2D eigenvalue weighted by atomic mass is 16.3. The van der Waals surface area contributed by atoms with Gasteiger partial charge in [-0.15, -0.1) is 0 Å². The Morgan fingerprint density at radius 3 is 1.62 bits per heavy atom. The zero-order valence-corrected chi connectivity index (χ0v) is 19.6. The summed E-state index contributed by atoms with van der Waals surface area (Å²) in [6.07, 6.45) is 15.0. The molecule has 0 unspecified atom stereocenters. The van der Waals surface area contributed by atoms with Crippen LogP contribution in [0.2, 0.25) is 0 Å². The highest BCUT2D eigenvalue weighted by Gasteiger charge is 2.22. The molecule has 0 aliphatic heterocycles. The molecule has 3 N–H and O–H groups in total. The molecule has 0 radical (unpaired) electrons. The van der Waals surface area contributed by atoms with E-state index < -0.39 is 5.60 Å². The van der Waals surface area contributed by atoms with Crippen LogP contribution in [-0.2, 0) is 4.79 Å². The number of aliphatic hydroxyl groups is 1. The summed E-state index contributed by atoms with van der Waals surface area (Å²) in [5, 5.41) is 16.5. The first kappa shape index (κ1) is 27.7. The van der Waals surface area contributed by atoms with Gasteiger partial charge < -0.3 is 15.7 Å². The van der Waals surface area contributed by atoms with Gasteiger partial charge in [0.05, 0.1) is 5.60 Å². The van der Waals surface area contributed by atoms with Crippen molar-refractivity contribution < 1.29 is 9.90 Å². The van der Waals surface area contributed by atoms with Crippen LogP contribution in [0.15, 0.2) is 24.4 Å². The van der Waals surface area contributed by atoms with Crippen LogP contribution < -0.4 is 10.6 Å². The van der Waals surface area contributed by atoms with Crippen LogP contribution in [0.3, 0.4) is 0 Å². The topological polar surface area (TPSA) is 61.4 Å². The van der Waals surface area contributed by atoms with Crippen molar-refractivity contribution in [3.8, 4) is 0 Å². The minimum absolute atomic E-state index is 0.0736. The van der Waals surface area contributed by atoms with Crippen molar-refractivity contribution >= 4 is 5.91 Å². The molecule has 0 aliphatic rings. The Kier molecular flexibility index (Phi) is 16.8. The SMILES string of the molecule is C=C(C)C(=C)NCCCCCCCCCCCCNC(=O)CCC(O)(CC)CC. The van der Waals surface area contributed by atoms with Gasteiger partial charge in [-0.2, -0.15) is 0 Å². The number of carbonyl (C=O) groups is 1. The second kappa shape index (κ2) is 17.6. The van der Waals surface area contributed by atoms with Crippen LogP contribution in [-0.4, -0.2) is 29.7 Å². The van der Waals surface area contributed by atoms with E-state index in [2.05, 4.69) is 23.8 Å². The van der Waals surface area contributed by atoms with Crippen molar-refractivity contribution in [1.82, 2.24) is 10.6 Å². The Morgan fingerprint density at radius 1 is 0.793 bits per heavy atom. The molecule has 0 aromatic carbocycles. The Balaban J connectivity index is 3.34. The van der Waals surface area contributed by atoms with Gasteiger partial charge in [-0.3, -0.25) is 4.79 Å². The quantitative estimate of drug-likeness (QED) is 0.171. The normalized spacial score (nSPS) is 11.3. The van der Waals surface area contributed by atoms with Gasteiger partial charge in [-0.05, 0) is 44.6 Å². The van der Waals surface area contributed by atoms with Crippen LogP contribution in [0.5, 0.6) is 0 Å². The number of carbonyl (C=O) groups excluding carboxylic acids is 1. The molecule has 0 aliphatic carbocycles. The molecule has 0 atom stereocenters. The van der Waals surface area contributed by atoms with Crippen LogP contribution in [0, 0.1) is 0 Å². The van der Waals surface area contributed by atoms with Crippen molar-refractivity contribution in [2.45, 2.75) is 116 Å². The first-order chi connectivity index (χ1) is 13.8. The molecule has 1 amide bonds. The van der Waals surface area contributed by atoms with Crippen LogP contribution in [0.25, 0.3) is 0 Å². The van der Waals surface area contributed by atoms with Gasteiger partial charge in [-0.25, -0.2) is 0 Å². The first-order valence-electron chi connectivity index (χ1n) is 11.9. The molecule has 0 heterocycles. The van der Waals surface area contributed by atoms with Crippen LogP contribution in [0.1, 0.15) is 111 Å². The highest BCUT2D eigenvalue weighted by molar-refractivity contribution is 5.75. The summed E-state index contributed by atoms with van der Waals surface area (Å²) in [6, 6.07) is 0. The summed E-state index contributed by atoms with van der Waals surface area (Å²) >= 11 is 0. The Hall–Kier alpha value is -1.29. The second-order valence-electron chi connectivity index (χ2n) is 8.50. The summed E-state index contributed by atoms with van der Waals surface area (Å²) in [6.45, 7) is 15.5. The smallest absolute Gasteiger partial charge is 0.220 e. The number of hydrogen-bond donors (Lipinski definition) is 3. The van der Waals surface area contributed by atoms with Crippen LogP contribution in [0.4, 0.5) is 0 Å². The summed E-state index contributed by atoms with van der Waals surface area (Å²) in [5.74, 6) is 0.0736. The number of hydrogen-bond acceptors (Lipinski definition) is 3.